The monoisotopic (exact) mass is 301 g/mol. The first-order chi connectivity index (χ1) is 10.2. The van der Waals surface area contributed by atoms with Gasteiger partial charge in [-0.25, -0.2) is 0 Å². The van der Waals surface area contributed by atoms with E-state index in [-0.39, 0.29) is 0 Å². The average molecular weight is 301 g/mol. The van der Waals surface area contributed by atoms with Crippen molar-refractivity contribution in [3.63, 3.8) is 0 Å². The van der Waals surface area contributed by atoms with E-state index in [9.17, 15) is 4.79 Å². The second-order valence-electron chi connectivity index (χ2n) is 5.39. The molecule has 0 atom stereocenters. The third kappa shape index (κ3) is 3.03. The van der Waals surface area contributed by atoms with Crippen molar-refractivity contribution < 1.29 is 4.79 Å². The highest BCUT2D eigenvalue weighted by Crippen LogP contribution is 2.50. The van der Waals surface area contributed by atoms with Crippen LogP contribution in [0.15, 0.2) is 30.3 Å². The molecule has 1 fully saturated rings. The molecule has 2 aromatic rings. The number of nitrogens with two attached hydrogens (primary N) is 2. The largest absolute Gasteiger partial charge is 0.397 e. The molecule has 1 aromatic heterocycles. The maximum atomic E-state index is 11.5. The molecule has 0 saturated heterocycles. The van der Waals surface area contributed by atoms with Gasteiger partial charge in [0.2, 0.25) is 0 Å². The first-order valence-corrected chi connectivity index (χ1v) is 7.98. The SMILES string of the molecule is NC(=O)c1sc(NCCc2ccccc2)c(C2CC2)c1N. The lowest BCUT2D eigenvalue weighted by molar-refractivity contribution is 0.100. The van der Waals surface area contributed by atoms with Crippen molar-refractivity contribution in [2.75, 3.05) is 17.6 Å². The van der Waals surface area contributed by atoms with Gasteiger partial charge < -0.3 is 16.8 Å². The molecule has 3 rings (SSSR count). The summed E-state index contributed by atoms with van der Waals surface area (Å²) in [5.41, 5.74) is 14.5. The lowest BCUT2D eigenvalue weighted by Crippen LogP contribution is -2.11. The van der Waals surface area contributed by atoms with Crippen molar-refractivity contribution in [3.05, 3.63) is 46.3 Å². The molecule has 0 bridgehead atoms. The highest BCUT2D eigenvalue weighted by atomic mass is 32.1. The first kappa shape index (κ1) is 13.9. The van der Waals surface area contributed by atoms with E-state index < -0.39 is 5.91 Å². The summed E-state index contributed by atoms with van der Waals surface area (Å²) in [5, 5.41) is 4.44. The zero-order valence-electron chi connectivity index (χ0n) is 11.8. The van der Waals surface area contributed by atoms with Crippen LogP contribution in [-0.2, 0) is 6.42 Å². The van der Waals surface area contributed by atoms with Crippen LogP contribution in [0.3, 0.4) is 0 Å². The summed E-state index contributed by atoms with van der Waals surface area (Å²) in [4.78, 5) is 11.9. The van der Waals surface area contributed by atoms with Gasteiger partial charge in [0.05, 0.1) is 10.7 Å². The molecule has 4 nitrogen and oxygen atoms in total. The van der Waals surface area contributed by atoms with Gasteiger partial charge in [0, 0.05) is 12.1 Å². The molecule has 1 amide bonds. The average Bonchev–Trinajstić information content (AvgIpc) is 3.24. The molecule has 0 aliphatic heterocycles. The van der Waals surface area contributed by atoms with Gasteiger partial charge in [-0.05, 0) is 30.7 Å². The van der Waals surface area contributed by atoms with Crippen molar-refractivity contribution in [2.24, 2.45) is 5.73 Å². The van der Waals surface area contributed by atoms with Crippen LogP contribution in [0.5, 0.6) is 0 Å². The van der Waals surface area contributed by atoms with E-state index in [1.807, 2.05) is 18.2 Å². The molecule has 0 unspecified atom stereocenters. The van der Waals surface area contributed by atoms with Crippen molar-refractivity contribution in [1.29, 1.82) is 0 Å². The number of carbonyl (C=O) groups is 1. The highest BCUT2D eigenvalue weighted by molar-refractivity contribution is 7.18. The minimum Gasteiger partial charge on any atom is -0.397 e. The summed E-state index contributed by atoms with van der Waals surface area (Å²) in [6.45, 7) is 0.821. The Morgan fingerprint density at radius 1 is 1.29 bits per heavy atom. The van der Waals surface area contributed by atoms with Crippen molar-refractivity contribution >= 4 is 27.9 Å². The Morgan fingerprint density at radius 2 is 2.00 bits per heavy atom. The number of primary amides is 1. The van der Waals surface area contributed by atoms with Gasteiger partial charge in [-0.2, -0.15) is 0 Å². The van der Waals surface area contributed by atoms with Gasteiger partial charge in [0.15, 0.2) is 0 Å². The number of nitrogen functional groups attached to an aromatic ring is 1. The van der Waals surface area contributed by atoms with Gasteiger partial charge in [-0.1, -0.05) is 30.3 Å². The standard InChI is InChI=1S/C16H19N3OS/c17-13-12(11-6-7-11)16(21-14(13)15(18)20)19-9-8-10-4-2-1-3-5-10/h1-5,11,19H,6-9,17H2,(H2,18,20). The quantitative estimate of drug-likeness (QED) is 0.767. The normalized spacial score (nSPS) is 14.1. The summed E-state index contributed by atoms with van der Waals surface area (Å²) in [5.74, 6) is 0.0593. The zero-order chi connectivity index (χ0) is 14.8. The highest BCUT2D eigenvalue weighted by Gasteiger charge is 2.32. The molecule has 1 aliphatic carbocycles. The Hall–Kier alpha value is -2.01. The Balaban J connectivity index is 1.72. The van der Waals surface area contributed by atoms with Gasteiger partial charge >= 0.3 is 0 Å². The number of hydrogen-bond acceptors (Lipinski definition) is 4. The fourth-order valence-corrected chi connectivity index (χ4v) is 3.60. The van der Waals surface area contributed by atoms with E-state index >= 15 is 0 Å². The van der Waals surface area contributed by atoms with E-state index in [0.717, 1.165) is 36.4 Å². The van der Waals surface area contributed by atoms with Crippen LogP contribution in [0.25, 0.3) is 0 Å². The number of carbonyl (C=O) groups excluding carboxylic acids is 1. The topological polar surface area (TPSA) is 81.1 Å². The summed E-state index contributed by atoms with van der Waals surface area (Å²) in [6.07, 6.45) is 3.23. The fraction of sp³-hybridized carbons (Fsp3) is 0.312. The van der Waals surface area contributed by atoms with Crippen molar-refractivity contribution in [3.8, 4) is 0 Å². The van der Waals surface area contributed by atoms with Crippen LogP contribution in [0.2, 0.25) is 0 Å². The molecule has 110 valence electrons. The molecular weight excluding hydrogens is 282 g/mol. The molecule has 1 aromatic carbocycles. The molecule has 0 radical (unpaired) electrons. The molecule has 5 heteroatoms. The van der Waals surface area contributed by atoms with Gasteiger partial charge in [0.25, 0.3) is 5.91 Å². The number of rotatable bonds is 6. The summed E-state index contributed by atoms with van der Waals surface area (Å²) in [7, 11) is 0. The number of anilines is 2. The second kappa shape index (κ2) is 5.77. The summed E-state index contributed by atoms with van der Waals surface area (Å²) in [6, 6.07) is 10.3. The molecular formula is C16H19N3OS. The number of thiophene rings is 1. The van der Waals surface area contributed by atoms with E-state index in [0.29, 0.717) is 16.5 Å². The third-order valence-corrected chi connectivity index (χ3v) is 4.93. The molecule has 1 aliphatic rings. The maximum absolute atomic E-state index is 11.5. The molecule has 0 spiro atoms. The van der Waals surface area contributed by atoms with Crippen LogP contribution in [0.4, 0.5) is 10.7 Å². The van der Waals surface area contributed by atoms with E-state index in [4.69, 9.17) is 11.5 Å². The van der Waals surface area contributed by atoms with Gasteiger partial charge in [-0.15, -0.1) is 11.3 Å². The molecule has 5 N–H and O–H groups in total. The van der Waals surface area contributed by atoms with E-state index in [1.165, 1.54) is 16.9 Å². The number of hydrogen-bond donors (Lipinski definition) is 3. The Kier molecular flexibility index (Phi) is 3.84. The van der Waals surface area contributed by atoms with E-state index in [2.05, 4.69) is 17.4 Å². The minimum absolute atomic E-state index is 0.435. The Bertz CT molecular complexity index is 647. The summed E-state index contributed by atoms with van der Waals surface area (Å²) >= 11 is 1.39. The fourth-order valence-electron chi connectivity index (χ4n) is 2.51. The summed E-state index contributed by atoms with van der Waals surface area (Å²) < 4.78 is 0. The maximum Gasteiger partial charge on any atom is 0.260 e. The second-order valence-corrected chi connectivity index (χ2v) is 6.41. The third-order valence-electron chi connectivity index (χ3n) is 3.73. The Morgan fingerprint density at radius 3 is 2.62 bits per heavy atom. The van der Waals surface area contributed by atoms with Crippen LogP contribution in [0.1, 0.15) is 39.6 Å². The smallest absolute Gasteiger partial charge is 0.260 e. The molecule has 21 heavy (non-hydrogen) atoms. The van der Waals surface area contributed by atoms with E-state index in [1.54, 1.807) is 0 Å². The van der Waals surface area contributed by atoms with Crippen LogP contribution in [0, 0.1) is 0 Å². The predicted octanol–water partition coefficient (Wildman–Crippen LogP) is 2.96. The van der Waals surface area contributed by atoms with Crippen LogP contribution < -0.4 is 16.8 Å². The van der Waals surface area contributed by atoms with Crippen molar-refractivity contribution in [1.82, 2.24) is 0 Å². The molecule has 1 saturated carbocycles. The minimum atomic E-state index is -0.435. The lowest BCUT2D eigenvalue weighted by Gasteiger charge is -2.07. The predicted molar refractivity (Wildman–Crippen MR) is 87.9 cm³/mol. The van der Waals surface area contributed by atoms with Gasteiger partial charge in [0.1, 0.15) is 4.88 Å². The Labute approximate surface area is 128 Å². The molecule has 1 heterocycles. The number of amides is 1. The first-order valence-electron chi connectivity index (χ1n) is 7.16. The van der Waals surface area contributed by atoms with Crippen LogP contribution in [-0.4, -0.2) is 12.5 Å². The van der Waals surface area contributed by atoms with Gasteiger partial charge in [-0.3, -0.25) is 4.79 Å². The van der Waals surface area contributed by atoms with Crippen molar-refractivity contribution in [2.45, 2.75) is 25.2 Å². The number of nitrogens with one attached hydrogen (secondary N) is 1. The number of benzene rings is 1. The zero-order valence-corrected chi connectivity index (χ0v) is 12.6. The van der Waals surface area contributed by atoms with Crippen LogP contribution >= 0.6 is 11.3 Å². The lowest BCUT2D eigenvalue weighted by atomic mass is 10.1.